The van der Waals surface area contributed by atoms with Crippen LogP contribution in [0.2, 0.25) is 0 Å². The highest BCUT2D eigenvalue weighted by Gasteiger charge is 2.14. The molecule has 0 aliphatic rings. The number of hydrogen-bond acceptors (Lipinski definition) is 2. The number of carbonyl (C=O) groups excluding carboxylic acids is 1. The van der Waals surface area contributed by atoms with Crippen LogP contribution < -0.4 is 16.0 Å². The quantitative estimate of drug-likeness (QED) is 0.386. The molecule has 0 atom stereocenters. The topological polar surface area (TPSA) is 65.5 Å². The minimum atomic E-state index is -0.0931. The van der Waals surface area contributed by atoms with Gasteiger partial charge in [-0.2, -0.15) is 0 Å². The molecule has 5 nitrogen and oxygen atoms in total. The van der Waals surface area contributed by atoms with Crippen molar-refractivity contribution >= 4 is 11.9 Å². The third-order valence-electron chi connectivity index (χ3n) is 5.06. The van der Waals surface area contributed by atoms with E-state index in [4.69, 9.17) is 4.99 Å². The molecular weight excluding hydrogens is 384 g/mol. The van der Waals surface area contributed by atoms with Crippen LogP contribution in [0.5, 0.6) is 0 Å². The van der Waals surface area contributed by atoms with Crippen molar-refractivity contribution in [2.45, 2.75) is 19.4 Å². The maximum absolute atomic E-state index is 11.9. The molecule has 31 heavy (non-hydrogen) atoms. The fourth-order valence-electron chi connectivity index (χ4n) is 3.46. The van der Waals surface area contributed by atoms with Crippen molar-refractivity contribution in [1.82, 2.24) is 16.0 Å². The molecule has 0 bridgehead atoms. The van der Waals surface area contributed by atoms with Gasteiger partial charge in [-0.1, -0.05) is 72.8 Å². The Bertz CT molecular complexity index is 947. The Morgan fingerprint density at radius 2 is 1.52 bits per heavy atom. The number of carbonyl (C=O) groups is 1. The Hall–Kier alpha value is -3.60. The molecule has 0 heterocycles. The van der Waals surface area contributed by atoms with Crippen LogP contribution in [0.3, 0.4) is 0 Å². The third kappa shape index (κ3) is 6.44. The van der Waals surface area contributed by atoms with Gasteiger partial charge in [0.25, 0.3) is 5.91 Å². The maximum atomic E-state index is 11.9. The summed E-state index contributed by atoms with van der Waals surface area (Å²) < 4.78 is 0. The Morgan fingerprint density at radius 1 is 0.871 bits per heavy atom. The Kier molecular flexibility index (Phi) is 8.23. The molecule has 3 aromatic carbocycles. The lowest BCUT2D eigenvalue weighted by molar-refractivity contribution is 0.0963. The van der Waals surface area contributed by atoms with E-state index >= 15 is 0 Å². The van der Waals surface area contributed by atoms with Crippen LogP contribution in [0.1, 0.15) is 39.9 Å². The Labute approximate surface area is 184 Å². The highest BCUT2D eigenvalue weighted by Crippen LogP contribution is 2.23. The SMILES string of the molecule is CCNC(=NCc1cccc(C(=O)NC)c1)NCC(c1ccccc1)c1ccccc1. The maximum Gasteiger partial charge on any atom is 0.251 e. The van der Waals surface area contributed by atoms with Crippen molar-refractivity contribution in [3.05, 3.63) is 107 Å². The van der Waals surface area contributed by atoms with Gasteiger partial charge in [0, 0.05) is 31.6 Å². The molecule has 3 N–H and O–H groups in total. The lowest BCUT2D eigenvalue weighted by Gasteiger charge is -2.20. The summed E-state index contributed by atoms with van der Waals surface area (Å²) in [6, 6.07) is 28.6. The first-order chi connectivity index (χ1) is 15.2. The smallest absolute Gasteiger partial charge is 0.251 e. The lowest BCUT2D eigenvalue weighted by atomic mass is 9.91. The summed E-state index contributed by atoms with van der Waals surface area (Å²) in [7, 11) is 1.64. The first-order valence-corrected chi connectivity index (χ1v) is 10.6. The Morgan fingerprint density at radius 3 is 2.10 bits per heavy atom. The summed E-state index contributed by atoms with van der Waals surface area (Å²) in [6.07, 6.45) is 0. The number of rotatable bonds is 8. The number of hydrogen-bond donors (Lipinski definition) is 3. The van der Waals surface area contributed by atoms with E-state index in [1.807, 2.05) is 30.3 Å². The van der Waals surface area contributed by atoms with Crippen molar-refractivity contribution in [2.24, 2.45) is 4.99 Å². The van der Waals surface area contributed by atoms with Crippen LogP contribution in [0.4, 0.5) is 0 Å². The van der Waals surface area contributed by atoms with Gasteiger partial charge in [0.2, 0.25) is 0 Å². The average molecular weight is 415 g/mol. The van der Waals surface area contributed by atoms with Gasteiger partial charge in [-0.25, -0.2) is 4.99 Å². The van der Waals surface area contributed by atoms with Crippen LogP contribution in [0.25, 0.3) is 0 Å². The molecule has 5 heteroatoms. The summed E-state index contributed by atoms with van der Waals surface area (Å²) in [4.78, 5) is 16.6. The number of benzene rings is 3. The van der Waals surface area contributed by atoms with Crippen LogP contribution in [-0.4, -0.2) is 32.0 Å². The van der Waals surface area contributed by atoms with Crippen molar-refractivity contribution in [1.29, 1.82) is 0 Å². The molecule has 0 spiro atoms. The average Bonchev–Trinajstić information content (AvgIpc) is 2.83. The number of nitrogens with one attached hydrogen (secondary N) is 3. The van der Waals surface area contributed by atoms with Gasteiger partial charge >= 0.3 is 0 Å². The molecule has 3 aromatic rings. The molecule has 0 aromatic heterocycles. The number of guanidine groups is 1. The van der Waals surface area contributed by atoms with Gasteiger partial charge in [0.1, 0.15) is 0 Å². The number of aliphatic imine (C=N–C) groups is 1. The second kappa shape index (κ2) is 11.6. The van der Waals surface area contributed by atoms with E-state index in [1.54, 1.807) is 13.1 Å². The molecule has 0 radical (unpaired) electrons. The highest BCUT2D eigenvalue weighted by atomic mass is 16.1. The van der Waals surface area contributed by atoms with E-state index in [2.05, 4.69) is 71.4 Å². The van der Waals surface area contributed by atoms with Gasteiger partial charge in [0.15, 0.2) is 5.96 Å². The van der Waals surface area contributed by atoms with E-state index in [-0.39, 0.29) is 11.8 Å². The standard InChI is InChI=1S/C26H30N4O/c1-3-28-26(29-18-20-11-10-16-23(17-20)25(31)27-2)30-19-24(21-12-6-4-7-13-21)22-14-8-5-9-15-22/h4-17,24H,3,18-19H2,1-2H3,(H,27,31)(H2,28,29,30). The van der Waals surface area contributed by atoms with Crippen molar-refractivity contribution < 1.29 is 4.79 Å². The molecule has 0 fully saturated rings. The number of nitrogens with zero attached hydrogens (tertiary/aromatic N) is 1. The molecule has 0 unspecified atom stereocenters. The van der Waals surface area contributed by atoms with Crippen LogP contribution in [-0.2, 0) is 6.54 Å². The summed E-state index contributed by atoms with van der Waals surface area (Å²) >= 11 is 0. The minimum absolute atomic E-state index is 0.0931. The summed E-state index contributed by atoms with van der Waals surface area (Å²) in [5.41, 5.74) is 4.15. The molecule has 0 aliphatic heterocycles. The normalized spacial score (nSPS) is 11.3. The zero-order valence-corrected chi connectivity index (χ0v) is 18.1. The molecule has 0 aliphatic carbocycles. The fraction of sp³-hybridized carbons (Fsp3) is 0.231. The van der Waals surface area contributed by atoms with Gasteiger partial charge in [-0.15, -0.1) is 0 Å². The van der Waals surface area contributed by atoms with Crippen molar-refractivity contribution in [3.8, 4) is 0 Å². The molecule has 0 saturated heterocycles. The summed E-state index contributed by atoms with van der Waals surface area (Å²) in [5.74, 6) is 0.872. The lowest BCUT2D eigenvalue weighted by Crippen LogP contribution is -2.39. The summed E-state index contributed by atoms with van der Waals surface area (Å²) in [6.45, 7) is 4.03. The predicted octanol–water partition coefficient (Wildman–Crippen LogP) is 3.93. The van der Waals surface area contributed by atoms with Crippen LogP contribution >= 0.6 is 0 Å². The zero-order chi connectivity index (χ0) is 21.9. The van der Waals surface area contributed by atoms with E-state index in [1.165, 1.54) is 11.1 Å². The minimum Gasteiger partial charge on any atom is -0.357 e. The van der Waals surface area contributed by atoms with E-state index in [9.17, 15) is 4.79 Å². The van der Waals surface area contributed by atoms with Crippen LogP contribution in [0.15, 0.2) is 89.9 Å². The van der Waals surface area contributed by atoms with E-state index < -0.39 is 0 Å². The fourth-order valence-corrected chi connectivity index (χ4v) is 3.46. The van der Waals surface area contributed by atoms with Gasteiger partial charge in [-0.05, 0) is 35.7 Å². The molecule has 1 amide bonds. The predicted molar refractivity (Wildman–Crippen MR) is 127 cm³/mol. The zero-order valence-electron chi connectivity index (χ0n) is 18.1. The Balaban J connectivity index is 1.74. The molecule has 0 saturated carbocycles. The first-order valence-electron chi connectivity index (χ1n) is 10.6. The van der Waals surface area contributed by atoms with E-state index in [0.717, 1.165) is 24.6 Å². The van der Waals surface area contributed by atoms with Gasteiger partial charge in [-0.3, -0.25) is 4.79 Å². The first kappa shape index (κ1) is 22.1. The second-order valence-electron chi connectivity index (χ2n) is 7.23. The van der Waals surface area contributed by atoms with Crippen molar-refractivity contribution in [3.63, 3.8) is 0 Å². The van der Waals surface area contributed by atoms with Gasteiger partial charge < -0.3 is 16.0 Å². The molecular formula is C26H30N4O. The monoisotopic (exact) mass is 414 g/mol. The molecule has 3 rings (SSSR count). The second-order valence-corrected chi connectivity index (χ2v) is 7.23. The van der Waals surface area contributed by atoms with Gasteiger partial charge in [0.05, 0.1) is 6.54 Å². The third-order valence-corrected chi connectivity index (χ3v) is 5.06. The van der Waals surface area contributed by atoms with E-state index in [0.29, 0.717) is 12.1 Å². The van der Waals surface area contributed by atoms with Crippen molar-refractivity contribution in [2.75, 3.05) is 20.1 Å². The largest absolute Gasteiger partial charge is 0.357 e. The molecule has 160 valence electrons. The summed E-state index contributed by atoms with van der Waals surface area (Å²) in [5, 5.41) is 9.47. The van der Waals surface area contributed by atoms with Crippen LogP contribution in [0, 0.1) is 0 Å². The highest BCUT2D eigenvalue weighted by molar-refractivity contribution is 5.94. The number of amides is 1.